The Kier molecular flexibility index (Phi) is 8.93. The molecule has 0 saturated carbocycles. The lowest BCUT2D eigenvalue weighted by atomic mass is 10.1. The Balaban J connectivity index is 1.85. The molecule has 0 amide bonds. The second kappa shape index (κ2) is 12.1. The fourth-order valence-corrected chi connectivity index (χ4v) is 4.58. The van der Waals surface area contributed by atoms with Gasteiger partial charge >= 0.3 is 17.9 Å². The van der Waals surface area contributed by atoms with Gasteiger partial charge in [-0.05, 0) is 49.0 Å². The van der Waals surface area contributed by atoms with E-state index in [2.05, 4.69) is 10.6 Å². The van der Waals surface area contributed by atoms with Gasteiger partial charge in [0.05, 0.1) is 37.5 Å². The number of nitrogens with one attached hydrogen (secondary N) is 2. The molecule has 0 spiro atoms. The molecule has 0 radical (unpaired) electrons. The van der Waals surface area contributed by atoms with Crippen LogP contribution in [0.25, 0.3) is 0 Å². The van der Waals surface area contributed by atoms with Crippen LogP contribution in [0.5, 0.6) is 0 Å². The van der Waals surface area contributed by atoms with Crippen molar-refractivity contribution in [2.45, 2.75) is 13.3 Å². The van der Waals surface area contributed by atoms with Crippen LogP contribution in [0.2, 0.25) is 0 Å². The molecule has 35 heavy (non-hydrogen) atoms. The number of thiocarbonyl (C=S) groups is 1. The van der Waals surface area contributed by atoms with E-state index in [1.807, 2.05) is 30.3 Å². The highest BCUT2D eigenvalue weighted by Crippen LogP contribution is 2.31. The van der Waals surface area contributed by atoms with Crippen molar-refractivity contribution in [1.82, 2.24) is 0 Å². The molecule has 0 fully saturated rings. The third kappa shape index (κ3) is 6.87. The Bertz CT molecular complexity index is 1210. The van der Waals surface area contributed by atoms with E-state index >= 15 is 0 Å². The molecule has 10 heteroatoms. The van der Waals surface area contributed by atoms with Crippen molar-refractivity contribution in [1.29, 1.82) is 0 Å². The lowest BCUT2D eigenvalue weighted by Gasteiger charge is -2.13. The van der Waals surface area contributed by atoms with E-state index in [4.69, 9.17) is 26.4 Å². The Labute approximate surface area is 212 Å². The number of methoxy groups -OCH3 is 2. The fraction of sp³-hybridized carbons (Fsp3) is 0.200. The zero-order valence-electron chi connectivity index (χ0n) is 19.4. The summed E-state index contributed by atoms with van der Waals surface area (Å²) >= 11 is 6.83. The summed E-state index contributed by atoms with van der Waals surface area (Å²) in [4.78, 5) is 37.6. The van der Waals surface area contributed by atoms with Gasteiger partial charge in [0.1, 0.15) is 5.00 Å². The van der Waals surface area contributed by atoms with E-state index in [1.165, 1.54) is 43.8 Å². The first kappa shape index (κ1) is 25.9. The number of carbonyl (C=O) groups is 3. The summed E-state index contributed by atoms with van der Waals surface area (Å²) in [7, 11) is 2.49. The van der Waals surface area contributed by atoms with Crippen LogP contribution < -0.4 is 10.6 Å². The van der Waals surface area contributed by atoms with Gasteiger partial charge in [-0.15, -0.1) is 11.3 Å². The van der Waals surface area contributed by atoms with Crippen LogP contribution in [0.15, 0.2) is 54.6 Å². The monoisotopic (exact) mass is 512 g/mol. The van der Waals surface area contributed by atoms with Gasteiger partial charge in [0.25, 0.3) is 0 Å². The molecule has 1 aromatic heterocycles. The molecule has 3 rings (SSSR count). The second-order valence-electron chi connectivity index (χ2n) is 7.20. The van der Waals surface area contributed by atoms with Crippen molar-refractivity contribution >= 4 is 57.3 Å². The van der Waals surface area contributed by atoms with Crippen LogP contribution in [0.4, 0.5) is 10.7 Å². The van der Waals surface area contributed by atoms with Crippen molar-refractivity contribution in [3.63, 3.8) is 0 Å². The number of esters is 3. The van der Waals surface area contributed by atoms with Crippen molar-refractivity contribution in [2.24, 2.45) is 0 Å². The molecule has 182 valence electrons. The van der Waals surface area contributed by atoms with E-state index < -0.39 is 17.9 Å². The maximum absolute atomic E-state index is 12.6. The van der Waals surface area contributed by atoms with Gasteiger partial charge in [0.2, 0.25) is 0 Å². The van der Waals surface area contributed by atoms with E-state index in [-0.39, 0.29) is 22.8 Å². The van der Waals surface area contributed by atoms with Crippen molar-refractivity contribution in [3.8, 4) is 0 Å². The first-order chi connectivity index (χ1) is 16.8. The number of rotatable bonds is 8. The third-order valence-electron chi connectivity index (χ3n) is 4.76. The summed E-state index contributed by atoms with van der Waals surface area (Å²) in [5.74, 6) is -1.70. The minimum atomic E-state index is -0.619. The van der Waals surface area contributed by atoms with Gasteiger partial charge in [0.15, 0.2) is 5.11 Å². The number of thiophene rings is 1. The van der Waals surface area contributed by atoms with Gasteiger partial charge in [-0.1, -0.05) is 30.3 Å². The highest BCUT2D eigenvalue weighted by Gasteiger charge is 2.19. The summed E-state index contributed by atoms with van der Waals surface area (Å²) in [6.45, 7) is 1.98. The zero-order chi connectivity index (χ0) is 25.4. The van der Waals surface area contributed by atoms with Crippen molar-refractivity contribution in [3.05, 3.63) is 81.7 Å². The highest BCUT2D eigenvalue weighted by atomic mass is 32.1. The molecule has 0 unspecified atom stereocenters. The maximum atomic E-state index is 12.6. The summed E-state index contributed by atoms with van der Waals surface area (Å²) in [6.07, 6.45) is 0.642. The standard InChI is InChI=1S/C25H24N2O6S2/c1-4-33-24(30)20-14-19(10-15-8-6-5-7-9-15)35-21(20)27-25(34)26-18-12-16(22(28)31-2)11-17(13-18)23(29)32-3/h5-9,11-14H,4,10H2,1-3H3,(H2,26,27,34). The molecule has 0 aliphatic carbocycles. The van der Waals surface area contributed by atoms with Gasteiger partial charge in [-0.2, -0.15) is 0 Å². The molecule has 8 nitrogen and oxygen atoms in total. The van der Waals surface area contributed by atoms with Crippen molar-refractivity contribution < 1.29 is 28.6 Å². The normalized spacial score (nSPS) is 10.3. The SMILES string of the molecule is CCOC(=O)c1cc(Cc2ccccc2)sc1NC(=S)Nc1cc(C(=O)OC)cc(C(=O)OC)c1. The first-order valence-corrected chi connectivity index (χ1v) is 11.8. The summed E-state index contributed by atoms with van der Waals surface area (Å²) in [6, 6.07) is 16.0. The van der Waals surface area contributed by atoms with E-state index in [1.54, 1.807) is 13.0 Å². The lowest BCUT2D eigenvalue weighted by molar-refractivity contribution is 0.0525. The van der Waals surface area contributed by atoms with Gasteiger partial charge in [-0.3, -0.25) is 0 Å². The summed E-state index contributed by atoms with van der Waals surface area (Å²) in [5, 5.41) is 6.65. The lowest BCUT2D eigenvalue weighted by Crippen LogP contribution is -2.20. The minimum Gasteiger partial charge on any atom is -0.465 e. The molecule has 0 aliphatic rings. The smallest absolute Gasteiger partial charge is 0.341 e. The van der Waals surface area contributed by atoms with Gasteiger partial charge in [0, 0.05) is 17.0 Å². The van der Waals surface area contributed by atoms with Gasteiger partial charge < -0.3 is 24.8 Å². The summed E-state index contributed by atoms with van der Waals surface area (Å²) < 4.78 is 14.7. The predicted molar refractivity (Wildman–Crippen MR) is 138 cm³/mol. The van der Waals surface area contributed by atoms with Crippen LogP contribution in [-0.4, -0.2) is 43.8 Å². The van der Waals surface area contributed by atoms with Crippen LogP contribution in [0, 0.1) is 0 Å². The average molecular weight is 513 g/mol. The maximum Gasteiger partial charge on any atom is 0.341 e. The molecule has 1 heterocycles. The Morgan fingerprint density at radius 1 is 0.886 bits per heavy atom. The minimum absolute atomic E-state index is 0.147. The highest BCUT2D eigenvalue weighted by molar-refractivity contribution is 7.80. The van der Waals surface area contributed by atoms with Gasteiger partial charge in [-0.25, -0.2) is 14.4 Å². The fourth-order valence-electron chi connectivity index (χ4n) is 3.22. The molecule has 2 aromatic carbocycles. The number of anilines is 2. The van der Waals surface area contributed by atoms with Crippen LogP contribution in [-0.2, 0) is 20.6 Å². The Hall–Kier alpha value is -3.76. The van der Waals surface area contributed by atoms with Crippen LogP contribution in [0.3, 0.4) is 0 Å². The Morgan fingerprint density at radius 2 is 1.51 bits per heavy atom. The zero-order valence-corrected chi connectivity index (χ0v) is 21.0. The quantitative estimate of drug-likeness (QED) is 0.248. The number of hydrogen-bond donors (Lipinski definition) is 2. The van der Waals surface area contributed by atoms with E-state index in [9.17, 15) is 14.4 Å². The Morgan fingerprint density at radius 3 is 2.09 bits per heavy atom. The average Bonchev–Trinajstić information content (AvgIpc) is 3.25. The first-order valence-electron chi connectivity index (χ1n) is 10.6. The molecule has 0 bridgehead atoms. The number of benzene rings is 2. The number of ether oxygens (including phenoxy) is 3. The molecule has 0 aliphatic heterocycles. The topological polar surface area (TPSA) is 103 Å². The van der Waals surface area contributed by atoms with E-state index in [0.29, 0.717) is 22.7 Å². The largest absolute Gasteiger partial charge is 0.465 e. The third-order valence-corrected chi connectivity index (χ3v) is 6.01. The molecule has 0 saturated heterocycles. The van der Waals surface area contributed by atoms with Crippen molar-refractivity contribution in [2.75, 3.05) is 31.5 Å². The molecule has 0 atom stereocenters. The molecular weight excluding hydrogens is 488 g/mol. The second-order valence-corrected chi connectivity index (χ2v) is 8.74. The van der Waals surface area contributed by atoms with E-state index in [0.717, 1.165) is 10.4 Å². The number of hydrogen-bond acceptors (Lipinski definition) is 8. The molecule has 3 aromatic rings. The number of carbonyl (C=O) groups excluding carboxylic acids is 3. The summed E-state index contributed by atoms with van der Waals surface area (Å²) in [5.41, 5.74) is 2.13. The molecular formula is C25H24N2O6S2. The van der Waals surface area contributed by atoms with Crippen LogP contribution in [0.1, 0.15) is 48.4 Å². The molecule has 2 N–H and O–H groups in total. The van der Waals surface area contributed by atoms with Crippen LogP contribution >= 0.6 is 23.6 Å². The predicted octanol–water partition coefficient (Wildman–Crippen LogP) is 4.90.